The first kappa shape index (κ1) is 15.8. The minimum Gasteiger partial charge on any atom is -0.375 e. The van der Waals surface area contributed by atoms with Crippen molar-refractivity contribution in [2.24, 2.45) is 5.10 Å². The standard InChI is InChI=1S/C13H12Cl2N4OS/c1-2-10-11(21-13(16)18-10)12(20)19-17-6-7-3-4-8(14)9(15)5-7/h3-6H,2H2,1H3,(H2,16,18)(H,19,20)/b17-6-. The zero-order valence-electron chi connectivity index (χ0n) is 11.1. The lowest BCUT2D eigenvalue weighted by molar-refractivity contribution is 0.0958. The second-order valence-corrected chi connectivity index (χ2v) is 5.90. The number of anilines is 1. The third-order valence-corrected chi connectivity index (χ3v) is 4.24. The maximum atomic E-state index is 12.0. The highest BCUT2D eigenvalue weighted by atomic mass is 35.5. The molecule has 0 aliphatic heterocycles. The van der Waals surface area contributed by atoms with Gasteiger partial charge in [0.25, 0.3) is 5.91 Å². The molecule has 1 aromatic carbocycles. The number of benzene rings is 1. The van der Waals surface area contributed by atoms with Gasteiger partial charge in [0.1, 0.15) is 4.88 Å². The van der Waals surface area contributed by atoms with E-state index in [0.29, 0.717) is 32.2 Å². The zero-order valence-corrected chi connectivity index (χ0v) is 13.4. The van der Waals surface area contributed by atoms with Crippen LogP contribution in [0.1, 0.15) is 27.9 Å². The molecule has 0 aliphatic carbocycles. The third kappa shape index (κ3) is 3.93. The number of nitrogens with two attached hydrogens (primary N) is 1. The van der Waals surface area contributed by atoms with E-state index in [0.717, 1.165) is 16.9 Å². The average molecular weight is 343 g/mol. The van der Waals surface area contributed by atoms with Crippen LogP contribution < -0.4 is 11.2 Å². The zero-order chi connectivity index (χ0) is 15.4. The minimum absolute atomic E-state index is 0.336. The van der Waals surface area contributed by atoms with Gasteiger partial charge in [-0.05, 0) is 24.1 Å². The van der Waals surface area contributed by atoms with Crippen LogP contribution in [0.25, 0.3) is 0 Å². The fourth-order valence-electron chi connectivity index (χ4n) is 1.60. The topological polar surface area (TPSA) is 80.4 Å². The first-order valence-corrected chi connectivity index (χ1v) is 7.62. The summed E-state index contributed by atoms with van der Waals surface area (Å²) in [5.41, 5.74) is 9.44. The minimum atomic E-state index is -0.336. The fraction of sp³-hybridized carbons (Fsp3) is 0.154. The van der Waals surface area contributed by atoms with Gasteiger partial charge in [0.05, 0.1) is 22.0 Å². The van der Waals surface area contributed by atoms with E-state index in [-0.39, 0.29) is 5.91 Å². The van der Waals surface area contributed by atoms with Crippen LogP contribution in [-0.2, 0) is 6.42 Å². The maximum Gasteiger partial charge on any atom is 0.283 e. The Morgan fingerprint density at radius 1 is 1.48 bits per heavy atom. The highest BCUT2D eigenvalue weighted by Crippen LogP contribution is 2.22. The van der Waals surface area contributed by atoms with E-state index in [1.54, 1.807) is 18.2 Å². The molecule has 110 valence electrons. The predicted molar refractivity (Wildman–Crippen MR) is 87.4 cm³/mol. The van der Waals surface area contributed by atoms with E-state index in [2.05, 4.69) is 15.5 Å². The number of aromatic nitrogens is 1. The number of rotatable bonds is 4. The van der Waals surface area contributed by atoms with Crippen LogP contribution in [0.4, 0.5) is 5.13 Å². The number of aryl methyl sites for hydroxylation is 1. The van der Waals surface area contributed by atoms with Crippen molar-refractivity contribution in [3.63, 3.8) is 0 Å². The van der Waals surface area contributed by atoms with Gasteiger partial charge in [0, 0.05) is 0 Å². The number of hydrogen-bond acceptors (Lipinski definition) is 5. The van der Waals surface area contributed by atoms with Crippen LogP contribution in [0.5, 0.6) is 0 Å². The molecule has 3 N–H and O–H groups in total. The van der Waals surface area contributed by atoms with Gasteiger partial charge in [-0.3, -0.25) is 4.79 Å². The average Bonchev–Trinajstić information content (AvgIpc) is 2.84. The van der Waals surface area contributed by atoms with E-state index in [4.69, 9.17) is 28.9 Å². The number of nitrogens with zero attached hydrogens (tertiary/aromatic N) is 2. The molecule has 0 aliphatic rings. The largest absolute Gasteiger partial charge is 0.375 e. The van der Waals surface area contributed by atoms with Crippen LogP contribution in [0.3, 0.4) is 0 Å². The second-order valence-electron chi connectivity index (χ2n) is 4.05. The van der Waals surface area contributed by atoms with E-state index < -0.39 is 0 Å². The Morgan fingerprint density at radius 2 is 2.24 bits per heavy atom. The molecule has 0 spiro atoms. The van der Waals surface area contributed by atoms with Crippen molar-refractivity contribution in [1.82, 2.24) is 10.4 Å². The number of carbonyl (C=O) groups is 1. The molecule has 0 bridgehead atoms. The van der Waals surface area contributed by atoms with Gasteiger partial charge in [-0.1, -0.05) is 47.5 Å². The smallest absolute Gasteiger partial charge is 0.283 e. The maximum absolute atomic E-state index is 12.0. The lowest BCUT2D eigenvalue weighted by atomic mass is 10.2. The second kappa shape index (κ2) is 6.89. The lowest BCUT2D eigenvalue weighted by Gasteiger charge is -1.99. The molecular weight excluding hydrogens is 331 g/mol. The summed E-state index contributed by atoms with van der Waals surface area (Å²) in [7, 11) is 0. The van der Waals surface area contributed by atoms with Gasteiger partial charge in [-0.25, -0.2) is 10.4 Å². The van der Waals surface area contributed by atoms with Crippen LogP contribution in [0.2, 0.25) is 10.0 Å². The van der Waals surface area contributed by atoms with Gasteiger partial charge in [-0.2, -0.15) is 5.10 Å². The number of nitrogens with one attached hydrogen (secondary N) is 1. The Morgan fingerprint density at radius 3 is 2.90 bits per heavy atom. The Hall–Kier alpha value is -1.63. The van der Waals surface area contributed by atoms with Gasteiger partial charge < -0.3 is 5.73 Å². The summed E-state index contributed by atoms with van der Waals surface area (Å²) >= 11 is 12.8. The summed E-state index contributed by atoms with van der Waals surface area (Å²) in [4.78, 5) is 16.6. The van der Waals surface area contributed by atoms with Crippen molar-refractivity contribution in [2.45, 2.75) is 13.3 Å². The van der Waals surface area contributed by atoms with Crippen molar-refractivity contribution >= 4 is 51.8 Å². The number of hydrazone groups is 1. The van der Waals surface area contributed by atoms with Crippen molar-refractivity contribution in [1.29, 1.82) is 0 Å². The molecule has 2 rings (SSSR count). The van der Waals surface area contributed by atoms with Crippen molar-refractivity contribution < 1.29 is 4.79 Å². The molecule has 1 amide bonds. The third-order valence-electron chi connectivity index (χ3n) is 2.58. The normalized spacial score (nSPS) is 11.0. The van der Waals surface area contributed by atoms with Crippen molar-refractivity contribution in [3.8, 4) is 0 Å². The number of hydrogen-bond donors (Lipinski definition) is 2. The summed E-state index contributed by atoms with van der Waals surface area (Å²) in [6, 6.07) is 5.06. The molecule has 1 aromatic heterocycles. The molecule has 21 heavy (non-hydrogen) atoms. The van der Waals surface area contributed by atoms with Crippen LogP contribution in [-0.4, -0.2) is 17.1 Å². The molecular formula is C13H12Cl2N4OS. The molecule has 0 fully saturated rings. The van der Waals surface area contributed by atoms with E-state index >= 15 is 0 Å². The summed E-state index contributed by atoms with van der Waals surface area (Å²) < 4.78 is 0. The van der Waals surface area contributed by atoms with Gasteiger partial charge >= 0.3 is 0 Å². The molecule has 8 heteroatoms. The van der Waals surface area contributed by atoms with Gasteiger partial charge in [-0.15, -0.1) is 0 Å². The Bertz CT molecular complexity index is 699. The van der Waals surface area contributed by atoms with Gasteiger partial charge in [0.15, 0.2) is 5.13 Å². The Kier molecular flexibility index (Phi) is 5.17. The lowest BCUT2D eigenvalue weighted by Crippen LogP contribution is -2.17. The number of halogens is 2. The highest BCUT2D eigenvalue weighted by Gasteiger charge is 2.15. The highest BCUT2D eigenvalue weighted by molar-refractivity contribution is 7.17. The Labute approximate surface area is 135 Å². The molecule has 0 saturated heterocycles. The number of amides is 1. The van der Waals surface area contributed by atoms with E-state index in [9.17, 15) is 4.79 Å². The predicted octanol–water partition coefficient (Wildman–Crippen LogP) is 3.36. The Balaban J connectivity index is 2.06. The van der Waals surface area contributed by atoms with Crippen LogP contribution in [0, 0.1) is 0 Å². The number of thiazole rings is 1. The first-order chi connectivity index (χ1) is 10.0. The molecule has 0 atom stereocenters. The number of nitrogen functional groups attached to an aromatic ring is 1. The molecule has 2 aromatic rings. The molecule has 0 saturated carbocycles. The van der Waals surface area contributed by atoms with Gasteiger partial charge in [0.2, 0.25) is 0 Å². The summed E-state index contributed by atoms with van der Waals surface area (Å²) in [5, 5.41) is 5.14. The summed E-state index contributed by atoms with van der Waals surface area (Å²) in [6.45, 7) is 1.91. The molecule has 0 unspecified atom stereocenters. The summed E-state index contributed by atoms with van der Waals surface area (Å²) in [6.07, 6.45) is 2.11. The van der Waals surface area contributed by atoms with E-state index in [1.807, 2.05) is 6.92 Å². The van der Waals surface area contributed by atoms with Crippen LogP contribution >= 0.6 is 34.5 Å². The quantitative estimate of drug-likeness (QED) is 0.660. The van der Waals surface area contributed by atoms with Crippen molar-refractivity contribution in [3.05, 3.63) is 44.4 Å². The van der Waals surface area contributed by atoms with E-state index in [1.165, 1.54) is 6.21 Å². The monoisotopic (exact) mass is 342 g/mol. The van der Waals surface area contributed by atoms with Crippen LogP contribution in [0.15, 0.2) is 23.3 Å². The SMILES string of the molecule is CCc1nc(N)sc1C(=O)N/N=C\c1ccc(Cl)c(Cl)c1. The number of carbonyl (C=O) groups excluding carboxylic acids is 1. The molecule has 1 heterocycles. The first-order valence-electron chi connectivity index (χ1n) is 6.05. The van der Waals surface area contributed by atoms with Crippen molar-refractivity contribution in [2.75, 3.05) is 5.73 Å². The fourth-order valence-corrected chi connectivity index (χ4v) is 2.71. The molecule has 0 radical (unpaired) electrons. The summed E-state index contributed by atoms with van der Waals surface area (Å²) in [5.74, 6) is -0.336. The molecule has 5 nitrogen and oxygen atoms in total.